The van der Waals surface area contributed by atoms with Gasteiger partial charge < -0.3 is 4.90 Å². The van der Waals surface area contributed by atoms with Crippen LogP contribution in [0.3, 0.4) is 0 Å². The first-order chi connectivity index (χ1) is 8.15. The summed E-state index contributed by atoms with van der Waals surface area (Å²) in [6.07, 6.45) is 0. The fraction of sp³-hybridized carbons (Fsp3) is 0.333. The number of fused-ring (bicyclic) bond motifs is 1. The molecule has 1 heterocycles. The molecule has 0 aromatic heterocycles. The van der Waals surface area contributed by atoms with Gasteiger partial charge in [0.2, 0.25) is 0 Å². The van der Waals surface area contributed by atoms with Gasteiger partial charge >= 0.3 is 0 Å². The molecule has 0 aliphatic carbocycles. The van der Waals surface area contributed by atoms with Crippen molar-refractivity contribution in [3.05, 3.63) is 28.2 Å². The average molecular weight is 314 g/mol. The van der Waals surface area contributed by atoms with Crippen molar-refractivity contribution in [3.63, 3.8) is 0 Å². The molecule has 0 saturated carbocycles. The van der Waals surface area contributed by atoms with E-state index in [1.165, 1.54) is 0 Å². The molecule has 2 rings (SSSR count). The van der Waals surface area contributed by atoms with Gasteiger partial charge in [0.05, 0.1) is 11.3 Å². The molecule has 0 saturated heterocycles. The number of rotatable bonds is 4. The molecular weight excluding hydrogens is 302 g/mol. The summed E-state index contributed by atoms with van der Waals surface area (Å²) in [5.41, 5.74) is 1.24. The zero-order valence-electron chi connectivity index (χ0n) is 9.40. The molecule has 1 aromatic carbocycles. The minimum absolute atomic E-state index is 0.394. The van der Waals surface area contributed by atoms with Gasteiger partial charge in [0.15, 0.2) is 0 Å². The van der Waals surface area contributed by atoms with Crippen molar-refractivity contribution in [2.45, 2.75) is 6.92 Å². The van der Waals surface area contributed by atoms with Gasteiger partial charge in [-0.05, 0) is 24.0 Å². The SMILES string of the molecule is CCSCCN1C(=O)C(=O)c2ccc(Br)cc21. The predicted molar refractivity (Wildman–Crippen MR) is 73.8 cm³/mol. The van der Waals surface area contributed by atoms with Crippen molar-refractivity contribution < 1.29 is 9.59 Å². The minimum atomic E-state index is -0.408. The fourth-order valence-corrected chi connectivity index (χ4v) is 2.74. The Balaban J connectivity index is 2.26. The molecule has 1 amide bonds. The first-order valence-electron chi connectivity index (χ1n) is 5.38. The summed E-state index contributed by atoms with van der Waals surface area (Å²) in [5.74, 6) is 1.06. The molecular formula is C12H12BrNO2S. The van der Waals surface area contributed by atoms with E-state index in [-0.39, 0.29) is 0 Å². The van der Waals surface area contributed by atoms with Gasteiger partial charge in [-0.15, -0.1) is 0 Å². The molecule has 0 spiro atoms. The zero-order chi connectivity index (χ0) is 12.4. The van der Waals surface area contributed by atoms with Crippen LogP contribution in [-0.4, -0.2) is 29.7 Å². The smallest absolute Gasteiger partial charge is 0.299 e. The number of hydrogen-bond acceptors (Lipinski definition) is 3. The quantitative estimate of drug-likeness (QED) is 0.633. The number of benzene rings is 1. The molecule has 1 aliphatic rings. The van der Waals surface area contributed by atoms with Crippen molar-refractivity contribution in [3.8, 4) is 0 Å². The first-order valence-corrected chi connectivity index (χ1v) is 7.33. The van der Waals surface area contributed by atoms with E-state index < -0.39 is 11.7 Å². The van der Waals surface area contributed by atoms with E-state index in [0.717, 1.165) is 21.7 Å². The van der Waals surface area contributed by atoms with Crippen molar-refractivity contribution in [2.75, 3.05) is 23.0 Å². The lowest BCUT2D eigenvalue weighted by molar-refractivity contribution is -0.114. The summed E-state index contributed by atoms with van der Waals surface area (Å²) in [6.45, 7) is 2.67. The Morgan fingerprint density at radius 2 is 2.12 bits per heavy atom. The Morgan fingerprint density at radius 3 is 2.82 bits per heavy atom. The number of thioether (sulfide) groups is 1. The van der Waals surface area contributed by atoms with E-state index in [4.69, 9.17) is 0 Å². The number of anilines is 1. The third kappa shape index (κ3) is 2.40. The monoisotopic (exact) mass is 313 g/mol. The highest BCUT2D eigenvalue weighted by molar-refractivity contribution is 9.10. The fourth-order valence-electron chi connectivity index (χ4n) is 1.79. The van der Waals surface area contributed by atoms with Crippen LogP contribution >= 0.6 is 27.7 Å². The number of ketones is 1. The number of nitrogens with zero attached hydrogens (tertiary/aromatic N) is 1. The van der Waals surface area contributed by atoms with Gasteiger partial charge in [-0.3, -0.25) is 9.59 Å². The molecule has 0 atom stereocenters. The van der Waals surface area contributed by atoms with Crippen LogP contribution in [0.5, 0.6) is 0 Å². The maximum absolute atomic E-state index is 11.8. The van der Waals surface area contributed by atoms with E-state index in [2.05, 4.69) is 22.9 Å². The Morgan fingerprint density at radius 1 is 1.35 bits per heavy atom. The maximum Gasteiger partial charge on any atom is 0.299 e. The number of halogens is 1. The Hall–Kier alpha value is -0.810. The summed E-state index contributed by atoms with van der Waals surface area (Å²) in [4.78, 5) is 25.1. The summed E-state index contributed by atoms with van der Waals surface area (Å²) < 4.78 is 0.881. The number of carbonyl (C=O) groups excluding carboxylic acids is 2. The highest BCUT2D eigenvalue weighted by Crippen LogP contribution is 2.31. The normalized spacial score (nSPS) is 14.4. The van der Waals surface area contributed by atoms with Crippen LogP contribution < -0.4 is 4.90 Å². The molecule has 0 radical (unpaired) electrons. The van der Waals surface area contributed by atoms with Gasteiger partial charge in [0.1, 0.15) is 0 Å². The van der Waals surface area contributed by atoms with Crippen LogP contribution in [0.25, 0.3) is 0 Å². The molecule has 0 N–H and O–H groups in total. The van der Waals surface area contributed by atoms with Gasteiger partial charge in [0, 0.05) is 16.8 Å². The van der Waals surface area contributed by atoms with E-state index in [1.54, 1.807) is 28.8 Å². The Labute approximate surface area is 113 Å². The van der Waals surface area contributed by atoms with Gasteiger partial charge in [0.25, 0.3) is 11.7 Å². The molecule has 1 aliphatic heterocycles. The van der Waals surface area contributed by atoms with Crippen molar-refractivity contribution >= 4 is 45.1 Å². The summed E-state index contributed by atoms with van der Waals surface area (Å²) >= 11 is 5.12. The van der Waals surface area contributed by atoms with E-state index >= 15 is 0 Å². The third-order valence-electron chi connectivity index (χ3n) is 2.60. The van der Waals surface area contributed by atoms with Crippen molar-refractivity contribution in [1.82, 2.24) is 0 Å². The van der Waals surface area contributed by atoms with Crippen LogP contribution in [0.4, 0.5) is 5.69 Å². The summed E-state index contributed by atoms with van der Waals surface area (Å²) in [5, 5.41) is 0. The lowest BCUT2D eigenvalue weighted by Gasteiger charge is -2.15. The molecule has 5 heteroatoms. The first kappa shape index (κ1) is 12.6. The predicted octanol–water partition coefficient (Wildman–Crippen LogP) is 2.73. The number of hydrogen-bond donors (Lipinski definition) is 0. The average Bonchev–Trinajstić information content (AvgIpc) is 2.54. The second kappa shape index (κ2) is 5.23. The molecule has 90 valence electrons. The van der Waals surface area contributed by atoms with Crippen LogP contribution in [-0.2, 0) is 4.79 Å². The van der Waals surface area contributed by atoms with Gasteiger partial charge in [-0.1, -0.05) is 22.9 Å². The molecule has 0 bridgehead atoms. The molecule has 0 fully saturated rings. The largest absolute Gasteiger partial charge is 0.304 e. The number of Topliss-reactive ketones (excluding diaryl/α,β-unsaturated/α-hetero) is 1. The van der Waals surface area contributed by atoms with E-state index in [9.17, 15) is 9.59 Å². The Kier molecular flexibility index (Phi) is 3.89. The minimum Gasteiger partial charge on any atom is -0.304 e. The van der Waals surface area contributed by atoms with Crippen LogP contribution in [0, 0.1) is 0 Å². The van der Waals surface area contributed by atoms with Crippen LogP contribution in [0.15, 0.2) is 22.7 Å². The van der Waals surface area contributed by atoms with Crippen LogP contribution in [0.2, 0.25) is 0 Å². The molecule has 0 unspecified atom stereocenters. The maximum atomic E-state index is 11.8. The van der Waals surface area contributed by atoms with Gasteiger partial charge in [-0.25, -0.2) is 0 Å². The molecule has 1 aromatic rings. The second-order valence-corrected chi connectivity index (χ2v) is 5.95. The number of amides is 1. The number of carbonyl (C=O) groups is 2. The summed E-state index contributed by atoms with van der Waals surface area (Å²) in [6, 6.07) is 5.32. The summed E-state index contributed by atoms with van der Waals surface area (Å²) in [7, 11) is 0. The van der Waals surface area contributed by atoms with E-state index in [0.29, 0.717) is 12.1 Å². The lowest BCUT2D eigenvalue weighted by Crippen LogP contribution is -2.31. The second-order valence-electron chi connectivity index (χ2n) is 3.64. The van der Waals surface area contributed by atoms with Crippen molar-refractivity contribution in [2.24, 2.45) is 0 Å². The molecule has 3 nitrogen and oxygen atoms in total. The lowest BCUT2D eigenvalue weighted by atomic mass is 10.1. The highest BCUT2D eigenvalue weighted by Gasteiger charge is 2.35. The topological polar surface area (TPSA) is 37.4 Å². The van der Waals surface area contributed by atoms with Crippen LogP contribution in [0.1, 0.15) is 17.3 Å². The highest BCUT2D eigenvalue weighted by atomic mass is 79.9. The van der Waals surface area contributed by atoms with Crippen molar-refractivity contribution in [1.29, 1.82) is 0 Å². The molecule has 17 heavy (non-hydrogen) atoms. The zero-order valence-corrected chi connectivity index (χ0v) is 11.8. The third-order valence-corrected chi connectivity index (χ3v) is 3.97. The van der Waals surface area contributed by atoms with E-state index in [1.807, 2.05) is 6.07 Å². The standard InChI is InChI=1S/C12H12BrNO2S/c1-2-17-6-5-14-10-7-8(13)3-4-9(10)11(15)12(14)16/h3-4,7H,2,5-6H2,1H3. The Bertz CT molecular complexity index is 476. The van der Waals surface area contributed by atoms with Gasteiger partial charge in [-0.2, -0.15) is 11.8 Å².